The zero-order valence-electron chi connectivity index (χ0n) is 9.43. The summed E-state index contributed by atoms with van der Waals surface area (Å²) in [6.45, 7) is 0.0819. The second kappa shape index (κ2) is 6.31. The van der Waals surface area contributed by atoms with Gasteiger partial charge in [-0.15, -0.1) is 0 Å². The molecule has 3 N–H and O–H groups in total. The van der Waals surface area contributed by atoms with Crippen LogP contribution in [-0.4, -0.2) is 34.8 Å². The average Bonchev–Trinajstić information content (AvgIpc) is 2.31. The van der Waals surface area contributed by atoms with Crippen molar-refractivity contribution in [2.45, 2.75) is 12.2 Å². The number of hydrogen-bond donors (Lipinski definition) is 3. The van der Waals surface area contributed by atoms with Crippen LogP contribution in [0.2, 0.25) is 10.0 Å². The molecule has 2 atom stereocenters. The summed E-state index contributed by atoms with van der Waals surface area (Å²) >= 11 is 11.4. The highest BCUT2D eigenvalue weighted by Gasteiger charge is 2.27. The van der Waals surface area contributed by atoms with E-state index in [4.69, 9.17) is 23.2 Å². The van der Waals surface area contributed by atoms with Gasteiger partial charge in [-0.25, -0.2) is 0 Å². The first kappa shape index (κ1) is 15.1. The molecule has 0 spiro atoms. The molecule has 100 valence electrons. The molecule has 0 aliphatic carbocycles. The highest BCUT2D eigenvalue weighted by atomic mass is 35.5. The summed E-state index contributed by atoms with van der Waals surface area (Å²) in [6.07, 6.45) is -2.61. The fourth-order valence-electron chi connectivity index (χ4n) is 1.47. The van der Waals surface area contributed by atoms with Crippen LogP contribution in [0, 0.1) is 10.1 Å². The van der Waals surface area contributed by atoms with E-state index in [1.54, 1.807) is 7.05 Å². The average molecular weight is 295 g/mol. The Balaban J connectivity index is 3.21. The lowest BCUT2D eigenvalue weighted by atomic mass is 10.0. The van der Waals surface area contributed by atoms with Gasteiger partial charge in [0, 0.05) is 12.6 Å². The van der Waals surface area contributed by atoms with Crippen LogP contribution in [-0.2, 0) is 0 Å². The fourth-order valence-corrected chi connectivity index (χ4v) is 1.80. The van der Waals surface area contributed by atoms with Gasteiger partial charge >= 0.3 is 0 Å². The first-order chi connectivity index (χ1) is 8.38. The van der Waals surface area contributed by atoms with Crippen molar-refractivity contribution in [2.75, 3.05) is 13.6 Å². The van der Waals surface area contributed by atoms with Gasteiger partial charge in [-0.1, -0.05) is 23.2 Å². The van der Waals surface area contributed by atoms with Crippen molar-refractivity contribution in [3.05, 3.63) is 37.9 Å². The van der Waals surface area contributed by atoms with Gasteiger partial charge < -0.3 is 15.5 Å². The van der Waals surface area contributed by atoms with Crippen LogP contribution >= 0.6 is 23.2 Å². The minimum atomic E-state index is -1.42. The molecule has 1 aromatic carbocycles. The van der Waals surface area contributed by atoms with Crippen molar-refractivity contribution in [2.24, 2.45) is 0 Å². The Morgan fingerprint density at radius 3 is 2.44 bits per heavy atom. The van der Waals surface area contributed by atoms with E-state index in [9.17, 15) is 20.3 Å². The lowest BCUT2D eigenvalue weighted by molar-refractivity contribution is -0.386. The monoisotopic (exact) mass is 294 g/mol. The maximum atomic E-state index is 10.9. The largest absolute Gasteiger partial charge is 0.389 e. The van der Waals surface area contributed by atoms with Crippen molar-refractivity contribution in [1.29, 1.82) is 0 Å². The van der Waals surface area contributed by atoms with Crippen LogP contribution in [0.15, 0.2) is 12.1 Å². The molecule has 0 fully saturated rings. The summed E-state index contributed by atoms with van der Waals surface area (Å²) in [6, 6.07) is 2.24. The molecule has 18 heavy (non-hydrogen) atoms. The van der Waals surface area contributed by atoms with Crippen molar-refractivity contribution >= 4 is 28.9 Å². The number of likely N-dealkylation sites (N-methyl/N-ethyl adjacent to an activating group) is 1. The second-order valence-corrected chi connectivity index (χ2v) is 4.47. The SMILES string of the molecule is CNCC(O)C(O)c1cc(Cl)c(Cl)cc1[N+](=O)[O-]. The normalized spacial score (nSPS) is 14.3. The number of aliphatic hydroxyl groups is 2. The predicted octanol–water partition coefficient (Wildman–Crippen LogP) is 1.52. The van der Waals surface area contributed by atoms with Gasteiger partial charge in [0.15, 0.2) is 0 Å². The first-order valence-corrected chi connectivity index (χ1v) is 5.78. The summed E-state index contributed by atoms with van der Waals surface area (Å²) in [5, 5.41) is 33.1. The molecule has 0 amide bonds. The Bertz CT molecular complexity index is 456. The molecule has 0 bridgehead atoms. The molecule has 1 rings (SSSR count). The summed E-state index contributed by atoms with van der Waals surface area (Å²) in [5.74, 6) is 0. The summed E-state index contributed by atoms with van der Waals surface area (Å²) in [5.41, 5.74) is -0.454. The molecule has 0 saturated carbocycles. The van der Waals surface area contributed by atoms with Gasteiger partial charge in [-0.05, 0) is 13.1 Å². The first-order valence-electron chi connectivity index (χ1n) is 5.02. The van der Waals surface area contributed by atoms with E-state index in [1.165, 1.54) is 6.07 Å². The van der Waals surface area contributed by atoms with Crippen LogP contribution in [0.1, 0.15) is 11.7 Å². The minimum absolute atomic E-state index is 0.0161. The summed E-state index contributed by atoms with van der Waals surface area (Å²) < 4.78 is 0. The number of halogens is 2. The van der Waals surface area contributed by atoms with Crippen LogP contribution < -0.4 is 5.32 Å². The van der Waals surface area contributed by atoms with E-state index in [1.807, 2.05) is 0 Å². The molecule has 8 heteroatoms. The number of rotatable bonds is 5. The molecule has 0 aliphatic heterocycles. The van der Waals surface area contributed by atoms with Gasteiger partial charge in [0.05, 0.1) is 26.6 Å². The smallest absolute Gasteiger partial charge is 0.276 e. The number of hydrogen-bond acceptors (Lipinski definition) is 5. The Morgan fingerprint density at radius 1 is 1.39 bits per heavy atom. The van der Waals surface area contributed by atoms with E-state index in [2.05, 4.69) is 5.32 Å². The third kappa shape index (κ3) is 3.30. The molecule has 2 unspecified atom stereocenters. The molecule has 0 aromatic heterocycles. The van der Waals surface area contributed by atoms with Gasteiger partial charge in [-0.2, -0.15) is 0 Å². The van der Waals surface area contributed by atoms with Crippen molar-refractivity contribution in [3.8, 4) is 0 Å². The number of nitro benzene ring substituents is 1. The highest BCUT2D eigenvalue weighted by molar-refractivity contribution is 6.42. The van der Waals surface area contributed by atoms with Gasteiger partial charge in [-0.3, -0.25) is 10.1 Å². The molecule has 6 nitrogen and oxygen atoms in total. The minimum Gasteiger partial charge on any atom is -0.389 e. The Hall–Kier alpha value is -0.920. The zero-order valence-corrected chi connectivity index (χ0v) is 10.9. The lowest BCUT2D eigenvalue weighted by Gasteiger charge is -2.18. The Kier molecular flexibility index (Phi) is 5.30. The Morgan fingerprint density at radius 2 is 1.94 bits per heavy atom. The molecular weight excluding hydrogens is 283 g/mol. The molecular formula is C10H12Cl2N2O4. The predicted molar refractivity (Wildman–Crippen MR) is 68.0 cm³/mol. The highest BCUT2D eigenvalue weighted by Crippen LogP contribution is 2.34. The number of benzene rings is 1. The van der Waals surface area contributed by atoms with E-state index in [-0.39, 0.29) is 27.8 Å². The van der Waals surface area contributed by atoms with Crippen molar-refractivity contribution in [1.82, 2.24) is 5.32 Å². The van der Waals surface area contributed by atoms with Crippen LogP contribution in [0.4, 0.5) is 5.69 Å². The van der Waals surface area contributed by atoms with E-state index in [0.29, 0.717) is 0 Å². The summed E-state index contributed by atoms with van der Waals surface area (Å²) in [7, 11) is 1.58. The van der Waals surface area contributed by atoms with Crippen molar-refractivity contribution < 1.29 is 15.1 Å². The molecule has 1 aromatic rings. The molecule has 0 heterocycles. The number of aliphatic hydroxyl groups excluding tert-OH is 2. The van der Waals surface area contributed by atoms with E-state index < -0.39 is 17.1 Å². The van der Waals surface area contributed by atoms with Gasteiger partial charge in [0.25, 0.3) is 5.69 Å². The zero-order chi connectivity index (χ0) is 13.9. The quantitative estimate of drug-likeness (QED) is 0.565. The molecule has 0 aliphatic rings. The second-order valence-electron chi connectivity index (χ2n) is 3.65. The van der Waals surface area contributed by atoms with Crippen LogP contribution in [0.5, 0.6) is 0 Å². The number of nitrogens with zero attached hydrogens (tertiary/aromatic N) is 1. The van der Waals surface area contributed by atoms with E-state index in [0.717, 1.165) is 6.07 Å². The fraction of sp³-hybridized carbons (Fsp3) is 0.400. The lowest BCUT2D eigenvalue weighted by Crippen LogP contribution is -2.30. The third-order valence-electron chi connectivity index (χ3n) is 2.36. The van der Waals surface area contributed by atoms with Gasteiger partial charge in [0.2, 0.25) is 0 Å². The third-order valence-corrected chi connectivity index (χ3v) is 3.08. The van der Waals surface area contributed by atoms with Gasteiger partial charge in [0.1, 0.15) is 6.10 Å². The van der Waals surface area contributed by atoms with Crippen LogP contribution in [0.25, 0.3) is 0 Å². The maximum Gasteiger partial charge on any atom is 0.276 e. The molecule has 0 radical (unpaired) electrons. The van der Waals surface area contributed by atoms with Crippen LogP contribution in [0.3, 0.4) is 0 Å². The summed E-state index contributed by atoms with van der Waals surface area (Å²) in [4.78, 5) is 10.2. The maximum absolute atomic E-state index is 10.9. The Labute approximate surface area is 113 Å². The van der Waals surface area contributed by atoms with Crippen molar-refractivity contribution in [3.63, 3.8) is 0 Å². The molecule has 0 saturated heterocycles. The number of nitrogens with one attached hydrogen (secondary N) is 1. The van der Waals surface area contributed by atoms with E-state index >= 15 is 0 Å². The topological polar surface area (TPSA) is 95.6 Å². The number of nitro groups is 1. The standard InChI is InChI=1S/C10H12Cl2N2O4/c1-13-4-9(15)10(16)5-2-6(11)7(12)3-8(5)14(17)18/h2-3,9-10,13,15-16H,4H2,1H3.